The van der Waals surface area contributed by atoms with Crippen LogP contribution in [0.5, 0.6) is 5.75 Å². The molecule has 1 fully saturated rings. The molecule has 20 heavy (non-hydrogen) atoms. The molecule has 1 aromatic heterocycles. The molecule has 1 aliphatic rings. The van der Waals surface area contributed by atoms with Crippen LogP contribution in [0.15, 0.2) is 30.5 Å². The second-order valence-corrected chi connectivity index (χ2v) is 5.54. The Morgan fingerprint density at radius 3 is 2.75 bits per heavy atom. The van der Waals surface area contributed by atoms with Gasteiger partial charge in [0.1, 0.15) is 5.75 Å². The van der Waals surface area contributed by atoms with Crippen molar-refractivity contribution in [2.24, 2.45) is 13.0 Å². The lowest BCUT2D eigenvalue weighted by Gasteiger charge is -2.23. The van der Waals surface area contributed by atoms with E-state index in [1.54, 1.807) is 6.07 Å². The number of rotatable bonds is 3. The largest absolute Gasteiger partial charge is 0.507 e. The summed E-state index contributed by atoms with van der Waals surface area (Å²) >= 11 is 0. The van der Waals surface area contributed by atoms with Gasteiger partial charge in [-0.15, -0.1) is 0 Å². The van der Waals surface area contributed by atoms with E-state index < -0.39 is 0 Å². The average molecular weight is 271 g/mol. The summed E-state index contributed by atoms with van der Waals surface area (Å²) in [5.41, 5.74) is 3.16. The molecule has 0 saturated carbocycles. The maximum Gasteiger partial charge on any atom is 0.123 e. The monoisotopic (exact) mass is 271 g/mol. The number of nitrogens with one attached hydrogen (secondary N) is 1. The standard InChI is InChI=1S/C16H21N3O/c1-19-15(10-12-6-8-17-9-7-12)14(11-18-19)13-4-2-3-5-16(13)20/h2-5,11-12,17,20H,6-10H2,1H3. The molecule has 4 heteroatoms. The molecule has 1 aromatic carbocycles. The lowest BCUT2D eigenvalue weighted by atomic mass is 9.91. The summed E-state index contributed by atoms with van der Waals surface area (Å²) in [6.45, 7) is 2.21. The molecule has 0 radical (unpaired) electrons. The number of para-hydroxylation sites is 1. The van der Waals surface area contributed by atoms with Gasteiger partial charge in [-0.3, -0.25) is 4.68 Å². The number of hydrogen-bond acceptors (Lipinski definition) is 3. The molecule has 0 spiro atoms. The first-order valence-electron chi connectivity index (χ1n) is 7.25. The average Bonchev–Trinajstić information content (AvgIpc) is 2.82. The molecule has 0 aliphatic carbocycles. The van der Waals surface area contributed by atoms with Crippen molar-refractivity contribution in [1.82, 2.24) is 15.1 Å². The van der Waals surface area contributed by atoms with Gasteiger partial charge >= 0.3 is 0 Å². The van der Waals surface area contributed by atoms with Gasteiger partial charge in [-0.25, -0.2) is 0 Å². The van der Waals surface area contributed by atoms with Crippen molar-refractivity contribution in [3.8, 4) is 16.9 Å². The summed E-state index contributed by atoms with van der Waals surface area (Å²) in [4.78, 5) is 0. The second kappa shape index (κ2) is 5.67. The summed E-state index contributed by atoms with van der Waals surface area (Å²) in [6, 6.07) is 7.49. The summed E-state index contributed by atoms with van der Waals surface area (Å²) in [6.07, 6.45) is 5.32. The fourth-order valence-corrected chi connectivity index (χ4v) is 2.99. The van der Waals surface area contributed by atoms with Crippen LogP contribution in [-0.2, 0) is 13.5 Å². The minimum atomic E-state index is 0.326. The Balaban J connectivity index is 1.91. The van der Waals surface area contributed by atoms with Crippen LogP contribution in [0.4, 0.5) is 0 Å². The molecule has 0 unspecified atom stereocenters. The molecule has 2 aromatic rings. The van der Waals surface area contributed by atoms with Crippen molar-refractivity contribution < 1.29 is 5.11 Å². The van der Waals surface area contributed by atoms with Crippen molar-refractivity contribution in [2.75, 3.05) is 13.1 Å². The third-order valence-electron chi connectivity index (χ3n) is 4.20. The van der Waals surface area contributed by atoms with Gasteiger partial charge in [-0.2, -0.15) is 5.10 Å². The Labute approximate surface area is 119 Å². The van der Waals surface area contributed by atoms with E-state index >= 15 is 0 Å². The van der Waals surface area contributed by atoms with Gasteiger partial charge in [0.15, 0.2) is 0 Å². The first kappa shape index (κ1) is 13.2. The van der Waals surface area contributed by atoms with Crippen molar-refractivity contribution in [1.29, 1.82) is 0 Å². The number of aryl methyl sites for hydroxylation is 1. The van der Waals surface area contributed by atoms with Crippen molar-refractivity contribution in [2.45, 2.75) is 19.3 Å². The summed E-state index contributed by atoms with van der Waals surface area (Å²) < 4.78 is 1.95. The van der Waals surface area contributed by atoms with Gasteiger partial charge in [0.2, 0.25) is 0 Å². The Bertz CT molecular complexity index is 585. The Kier molecular flexibility index (Phi) is 3.74. The third-order valence-corrected chi connectivity index (χ3v) is 4.20. The van der Waals surface area contributed by atoms with Crippen molar-refractivity contribution in [3.05, 3.63) is 36.2 Å². The fourth-order valence-electron chi connectivity index (χ4n) is 2.99. The highest BCUT2D eigenvalue weighted by atomic mass is 16.3. The van der Waals surface area contributed by atoms with Crippen LogP contribution in [0.25, 0.3) is 11.1 Å². The van der Waals surface area contributed by atoms with Gasteiger partial charge < -0.3 is 10.4 Å². The van der Waals surface area contributed by atoms with Crippen LogP contribution in [-0.4, -0.2) is 28.0 Å². The quantitative estimate of drug-likeness (QED) is 0.901. The van der Waals surface area contributed by atoms with E-state index in [9.17, 15) is 5.11 Å². The van der Waals surface area contributed by atoms with Gasteiger partial charge in [0.25, 0.3) is 0 Å². The van der Waals surface area contributed by atoms with E-state index in [-0.39, 0.29) is 0 Å². The molecule has 2 heterocycles. The van der Waals surface area contributed by atoms with E-state index in [1.165, 1.54) is 18.5 Å². The van der Waals surface area contributed by atoms with Crippen LogP contribution in [0.3, 0.4) is 0 Å². The number of nitrogens with zero attached hydrogens (tertiary/aromatic N) is 2. The summed E-state index contributed by atoms with van der Waals surface area (Å²) in [7, 11) is 1.99. The van der Waals surface area contributed by atoms with Gasteiger partial charge in [0.05, 0.1) is 6.20 Å². The molecule has 1 saturated heterocycles. The summed E-state index contributed by atoms with van der Waals surface area (Å²) in [5, 5.41) is 17.8. The highest BCUT2D eigenvalue weighted by Crippen LogP contribution is 2.33. The predicted octanol–water partition coefficient (Wildman–Crippen LogP) is 2.33. The lowest BCUT2D eigenvalue weighted by Crippen LogP contribution is -2.29. The summed E-state index contributed by atoms with van der Waals surface area (Å²) in [5.74, 6) is 1.03. The highest BCUT2D eigenvalue weighted by molar-refractivity contribution is 5.71. The van der Waals surface area contributed by atoms with Crippen molar-refractivity contribution in [3.63, 3.8) is 0 Å². The maximum atomic E-state index is 10.1. The smallest absolute Gasteiger partial charge is 0.123 e. The molecule has 106 valence electrons. The Morgan fingerprint density at radius 1 is 1.25 bits per heavy atom. The highest BCUT2D eigenvalue weighted by Gasteiger charge is 2.19. The third kappa shape index (κ3) is 2.56. The molecule has 4 nitrogen and oxygen atoms in total. The lowest BCUT2D eigenvalue weighted by molar-refractivity contribution is 0.366. The zero-order chi connectivity index (χ0) is 13.9. The number of aromatic hydroxyl groups is 1. The zero-order valence-electron chi connectivity index (χ0n) is 11.8. The van der Waals surface area contributed by atoms with E-state index in [2.05, 4.69) is 10.4 Å². The molecule has 0 bridgehead atoms. The molecule has 0 atom stereocenters. The van der Waals surface area contributed by atoms with Crippen molar-refractivity contribution >= 4 is 0 Å². The number of piperidine rings is 1. The molecule has 1 aliphatic heterocycles. The number of phenols is 1. The number of aromatic nitrogens is 2. The van der Waals surface area contributed by atoms with E-state index in [1.807, 2.05) is 36.1 Å². The first-order valence-corrected chi connectivity index (χ1v) is 7.25. The van der Waals surface area contributed by atoms with E-state index in [0.717, 1.165) is 30.6 Å². The first-order chi connectivity index (χ1) is 9.75. The second-order valence-electron chi connectivity index (χ2n) is 5.54. The number of phenolic OH excluding ortho intramolecular Hbond substituents is 1. The van der Waals surface area contributed by atoms with Crippen LogP contribution < -0.4 is 5.32 Å². The van der Waals surface area contributed by atoms with Crippen LogP contribution in [0.2, 0.25) is 0 Å². The van der Waals surface area contributed by atoms with E-state index in [4.69, 9.17) is 0 Å². The minimum Gasteiger partial charge on any atom is -0.507 e. The zero-order valence-corrected chi connectivity index (χ0v) is 11.8. The fraction of sp³-hybridized carbons (Fsp3) is 0.438. The molecule has 0 amide bonds. The number of hydrogen-bond donors (Lipinski definition) is 2. The predicted molar refractivity (Wildman–Crippen MR) is 79.6 cm³/mol. The topological polar surface area (TPSA) is 50.1 Å². The maximum absolute atomic E-state index is 10.1. The molecule has 2 N–H and O–H groups in total. The van der Waals surface area contributed by atoms with Gasteiger partial charge in [-0.1, -0.05) is 18.2 Å². The van der Waals surface area contributed by atoms with Crippen LogP contribution >= 0.6 is 0 Å². The van der Waals surface area contributed by atoms with Crippen LogP contribution in [0, 0.1) is 5.92 Å². The van der Waals surface area contributed by atoms with Gasteiger partial charge in [-0.05, 0) is 44.3 Å². The number of benzene rings is 1. The van der Waals surface area contributed by atoms with Crippen LogP contribution in [0.1, 0.15) is 18.5 Å². The SMILES string of the molecule is Cn1ncc(-c2ccccc2O)c1CC1CCNCC1. The molecular formula is C16H21N3O. The molecule has 3 rings (SSSR count). The van der Waals surface area contributed by atoms with E-state index in [0.29, 0.717) is 11.7 Å². The van der Waals surface area contributed by atoms with Gasteiger partial charge in [0, 0.05) is 23.9 Å². The Hall–Kier alpha value is -1.81. The molecular weight excluding hydrogens is 250 g/mol. The Morgan fingerprint density at radius 2 is 2.00 bits per heavy atom. The normalized spacial score (nSPS) is 16.4. The minimum absolute atomic E-state index is 0.326.